The van der Waals surface area contributed by atoms with Gasteiger partial charge in [0.15, 0.2) is 0 Å². The molecule has 0 saturated heterocycles. The van der Waals surface area contributed by atoms with Crippen molar-refractivity contribution >= 4 is 18.2 Å². The van der Waals surface area contributed by atoms with E-state index in [-0.39, 0.29) is 11.9 Å². The molecule has 1 unspecified atom stereocenters. The number of fused-ring (bicyclic) bond motifs is 1. The third kappa shape index (κ3) is 11.6. The van der Waals surface area contributed by atoms with Gasteiger partial charge in [0, 0.05) is 23.7 Å². The molecule has 4 nitrogen and oxygen atoms in total. The van der Waals surface area contributed by atoms with Crippen molar-refractivity contribution in [3.63, 3.8) is 0 Å². The highest BCUT2D eigenvalue weighted by atomic mass is 32.2. The fourth-order valence-corrected chi connectivity index (χ4v) is 5.29. The van der Waals surface area contributed by atoms with Crippen molar-refractivity contribution in [1.29, 1.82) is 0 Å². The van der Waals surface area contributed by atoms with Crippen molar-refractivity contribution in [3.05, 3.63) is 106 Å². The van der Waals surface area contributed by atoms with Crippen LogP contribution >= 0.6 is 11.8 Å². The Morgan fingerprint density at radius 1 is 1.10 bits per heavy atom. The van der Waals surface area contributed by atoms with E-state index < -0.39 is 0 Å². The number of allylic oxidation sites excluding steroid dienone is 10. The number of primary amides is 1. The second-order valence-corrected chi connectivity index (χ2v) is 10.5. The Labute approximate surface area is 254 Å². The molecule has 222 valence electrons. The van der Waals surface area contributed by atoms with Crippen LogP contribution in [0.1, 0.15) is 79.6 Å². The van der Waals surface area contributed by atoms with Crippen LogP contribution in [-0.4, -0.2) is 18.5 Å². The molecule has 4 N–H and O–H groups in total. The van der Waals surface area contributed by atoms with Crippen molar-refractivity contribution in [2.24, 2.45) is 11.7 Å². The highest BCUT2D eigenvalue weighted by molar-refractivity contribution is 8.06. The Kier molecular flexibility index (Phi) is 17.1. The van der Waals surface area contributed by atoms with Gasteiger partial charge >= 0.3 is 0 Å². The van der Waals surface area contributed by atoms with Gasteiger partial charge in [-0.2, -0.15) is 0 Å². The van der Waals surface area contributed by atoms with Crippen molar-refractivity contribution in [2.45, 2.75) is 85.1 Å². The number of carbonyl (C=O) groups is 1. The molecule has 1 saturated carbocycles. The third-order valence-electron chi connectivity index (χ3n) is 6.80. The molecule has 0 heterocycles. The molecule has 0 aromatic rings. The molecule has 4 aliphatic rings. The Morgan fingerprint density at radius 2 is 1.78 bits per heavy atom. The summed E-state index contributed by atoms with van der Waals surface area (Å²) in [7, 11) is 0. The Hall–Kier alpha value is -3.36. The van der Waals surface area contributed by atoms with E-state index >= 15 is 0 Å². The van der Waals surface area contributed by atoms with Gasteiger partial charge in [-0.15, -0.1) is 0 Å². The van der Waals surface area contributed by atoms with E-state index in [1.54, 1.807) is 11.8 Å². The van der Waals surface area contributed by atoms with Crippen molar-refractivity contribution in [2.75, 3.05) is 6.54 Å². The maximum absolute atomic E-state index is 8.58. The molecule has 4 aliphatic carbocycles. The summed E-state index contributed by atoms with van der Waals surface area (Å²) in [6, 6.07) is 0. The fourth-order valence-electron chi connectivity index (χ4n) is 4.86. The molecule has 1 amide bonds. The van der Waals surface area contributed by atoms with Crippen LogP contribution < -0.4 is 16.4 Å². The first-order valence-corrected chi connectivity index (χ1v) is 15.8. The van der Waals surface area contributed by atoms with Gasteiger partial charge in [-0.1, -0.05) is 114 Å². The van der Waals surface area contributed by atoms with Crippen molar-refractivity contribution in [1.82, 2.24) is 10.6 Å². The highest BCUT2D eigenvalue weighted by Gasteiger charge is 2.46. The maximum Gasteiger partial charge on any atom is 0.204 e. The highest BCUT2D eigenvalue weighted by Crippen LogP contribution is 2.47. The number of nitrogens with two attached hydrogens (primary N) is 1. The molecule has 0 bridgehead atoms. The monoisotopic (exact) mass is 573 g/mol. The number of carbonyl (C=O) groups excluding carboxylic acids is 1. The summed E-state index contributed by atoms with van der Waals surface area (Å²) in [4.78, 5) is 9.44. The molecule has 1 fully saturated rings. The zero-order chi connectivity index (χ0) is 30.7. The number of nitrogens with one attached hydrogen (secondary N) is 2. The topological polar surface area (TPSA) is 67.2 Å². The van der Waals surface area contributed by atoms with E-state index in [4.69, 9.17) is 4.79 Å². The molecule has 5 heteroatoms. The lowest BCUT2D eigenvalue weighted by molar-refractivity contribution is -0.106. The van der Waals surface area contributed by atoms with E-state index in [2.05, 4.69) is 84.4 Å². The van der Waals surface area contributed by atoms with Crippen LogP contribution in [0.25, 0.3) is 0 Å². The number of hydrogen-bond donors (Lipinski definition) is 3. The third-order valence-corrected chi connectivity index (χ3v) is 7.59. The fraction of sp³-hybridized carbons (Fsp3) is 0.417. The number of rotatable bonds is 10. The number of hydrogen-bond acceptors (Lipinski definition) is 4. The van der Waals surface area contributed by atoms with Crippen molar-refractivity contribution in [3.8, 4) is 11.8 Å². The first-order chi connectivity index (χ1) is 19.9. The van der Waals surface area contributed by atoms with Crippen molar-refractivity contribution < 1.29 is 4.79 Å². The predicted molar refractivity (Wildman–Crippen MR) is 182 cm³/mol. The molecule has 41 heavy (non-hydrogen) atoms. The molecule has 4 rings (SSSR count). The van der Waals surface area contributed by atoms with Crippen LogP contribution in [0.4, 0.5) is 0 Å². The minimum absolute atomic E-state index is 0.0588. The van der Waals surface area contributed by atoms with Gasteiger partial charge in [0.1, 0.15) is 0 Å². The van der Waals surface area contributed by atoms with Gasteiger partial charge in [0.05, 0.1) is 17.0 Å². The summed E-state index contributed by atoms with van der Waals surface area (Å²) in [5.41, 5.74) is 11.7. The first-order valence-electron chi connectivity index (χ1n) is 14.9. The van der Waals surface area contributed by atoms with Crippen LogP contribution in [0.5, 0.6) is 0 Å². The lowest BCUT2D eigenvalue weighted by atomic mass is 9.87. The van der Waals surface area contributed by atoms with Crippen LogP contribution in [0.2, 0.25) is 0 Å². The lowest BCUT2D eigenvalue weighted by Gasteiger charge is -2.28. The summed E-state index contributed by atoms with van der Waals surface area (Å²) >= 11 is 1.55. The molecular weight excluding hydrogens is 522 g/mol. The minimum atomic E-state index is 0.0588. The van der Waals surface area contributed by atoms with Gasteiger partial charge in [-0.3, -0.25) is 4.79 Å². The van der Waals surface area contributed by atoms with Crippen LogP contribution in [-0.2, 0) is 4.79 Å². The minimum Gasteiger partial charge on any atom is -0.378 e. The standard InChI is InChI=1S/C31H36N2S.2C2H6.CH3NO/c1-5-20-34-24(3)10-9-19-32-23(2)21-28-11-6-7-14-30(28)25(4)33-31(17-18-31)29-16-15-26-12-8-13-27(26)22-29;2*1-2;2-1-3/h5,11-12,14-16,20,22,27,32-33H,2-4,6-8,13,17-19,21H2,1H3;2*1-2H3;1H,(H2,2,3)/b20-5-;;;. The lowest BCUT2D eigenvalue weighted by Crippen LogP contribution is -2.33. The quantitative estimate of drug-likeness (QED) is 0.181. The van der Waals surface area contributed by atoms with Gasteiger partial charge < -0.3 is 16.4 Å². The normalized spacial score (nSPS) is 18.7. The van der Waals surface area contributed by atoms with E-state index in [1.807, 2.05) is 46.1 Å². The van der Waals surface area contributed by atoms with Gasteiger partial charge in [0.25, 0.3) is 0 Å². The Morgan fingerprint density at radius 3 is 2.44 bits per heavy atom. The maximum atomic E-state index is 8.58. The molecule has 0 spiro atoms. The average Bonchev–Trinajstić information content (AvgIpc) is 3.62. The van der Waals surface area contributed by atoms with Crippen LogP contribution in [0.3, 0.4) is 0 Å². The Balaban J connectivity index is 0.00000110. The zero-order valence-electron chi connectivity index (χ0n) is 25.9. The second-order valence-electron chi connectivity index (χ2n) is 9.54. The zero-order valence-corrected chi connectivity index (χ0v) is 26.8. The largest absolute Gasteiger partial charge is 0.378 e. The molecule has 0 aromatic carbocycles. The smallest absolute Gasteiger partial charge is 0.204 e. The molecular formula is C36H51N3OS. The summed E-state index contributed by atoms with van der Waals surface area (Å²) in [5, 5.41) is 9.18. The second kappa shape index (κ2) is 19.7. The molecule has 0 aliphatic heterocycles. The van der Waals surface area contributed by atoms with Crippen LogP contribution in [0, 0.1) is 17.8 Å². The van der Waals surface area contributed by atoms with Gasteiger partial charge in [-0.05, 0) is 73.1 Å². The summed E-state index contributed by atoms with van der Waals surface area (Å²) < 4.78 is 0. The predicted octanol–water partition coefficient (Wildman–Crippen LogP) is 8.53. The van der Waals surface area contributed by atoms with E-state index in [0.29, 0.717) is 12.5 Å². The Bertz CT molecular complexity index is 1160. The molecule has 0 aromatic heterocycles. The molecule has 0 radical (unpaired) electrons. The SMILES string of the molecule is C=C(CC1=CCCC=C1C(=C)NC1(C2=CC3CCC=C3C=C2)CC1)NCC#CC(=C)S/C=C\C.CC.CC.NC=O. The number of thioether (sulfide) groups is 1. The van der Waals surface area contributed by atoms with Gasteiger partial charge in [-0.25, -0.2) is 0 Å². The summed E-state index contributed by atoms with van der Waals surface area (Å²) in [6.07, 6.45) is 24.2. The summed E-state index contributed by atoms with van der Waals surface area (Å²) in [6.45, 7) is 23.2. The van der Waals surface area contributed by atoms with Crippen LogP contribution in [0.15, 0.2) is 106 Å². The van der Waals surface area contributed by atoms with E-state index in [9.17, 15) is 0 Å². The molecule has 1 atom stereocenters. The average molecular weight is 574 g/mol. The van der Waals surface area contributed by atoms with E-state index in [0.717, 1.165) is 35.6 Å². The summed E-state index contributed by atoms with van der Waals surface area (Å²) in [5.74, 6) is 6.82. The number of amides is 1. The van der Waals surface area contributed by atoms with E-state index in [1.165, 1.54) is 48.0 Å². The first kappa shape index (κ1) is 35.7. The van der Waals surface area contributed by atoms with Gasteiger partial charge in [0.2, 0.25) is 6.41 Å².